The molecule has 0 N–H and O–H groups in total. The zero-order valence-corrected chi connectivity index (χ0v) is 76.3. The summed E-state index contributed by atoms with van der Waals surface area (Å²) in [4.78, 5) is 32.0. The Balaban J connectivity index is 0.000000104. The van der Waals surface area contributed by atoms with Gasteiger partial charge in [-0.25, -0.2) is 29.9 Å². The highest BCUT2D eigenvalue weighted by Gasteiger charge is 2.27. The van der Waals surface area contributed by atoms with Gasteiger partial charge in [-0.1, -0.05) is 419 Å². The minimum atomic E-state index is 0.667. The van der Waals surface area contributed by atoms with Crippen molar-refractivity contribution in [2.45, 2.75) is 0 Å². The fraction of sp³-hybridized carbons (Fsp3) is 0. The second-order valence-corrected chi connectivity index (χ2v) is 36.6. The first-order valence-electron chi connectivity index (χ1n) is 48.0. The van der Waals surface area contributed by atoms with Gasteiger partial charge in [0.25, 0.3) is 0 Å². The van der Waals surface area contributed by atoms with Crippen molar-refractivity contribution in [1.29, 1.82) is 0 Å². The summed E-state index contributed by atoms with van der Waals surface area (Å²) in [5.41, 5.74) is 22.5. The highest BCUT2D eigenvalue weighted by molar-refractivity contribution is 6.32. The van der Waals surface area contributed by atoms with E-state index in [0.717, 1.165) is 105 Å². The number of rotatable bonds is 9. The lowest BCUT2D eigenvalue weighted by atomic mass is 9.93. The van der Waals surface area contributed by atoms with Crippen molar-refractivity contribution >= 4 is 195 Å². The molecular formula is C132H81N9. The molecule has 0 amide bonds. The van der Waals surface area contributed by atoms with Gasteiger partial charge in [0.2, 0.25) is 17.8 Å². The van der Waals surface area contributed by atoms with Gasteiger partial charge in [-0.05, 0) is 203 Å². The van der Waals surface area contributed by atoms with E-state index in [1.54, 1.807) is 0 Å². The predicted molar refractivity (Wildman–Crippen MR) is 592 cm³/mol. The Hall–Kier alpha value is -19.0. The van der Waals surface area contributed by atoms with Crippen molar-refractivity contribution in [3.63, 3.8) is 0 Å². The van der Waals surface area contributed by atoms with Gasteiger partial charge in [0.15, 0.2) is 0 Å². The molecule has 0 unspecified atom stereocenters. The Morgan fingerprint density at radius 1 is 0.128 bits per heavy atom. The molecular weight excluding hydrogens is 1710 g/mol. The lowest BCUT2D eigenvalue weighted by Crippen LogP contribution is -2.03. The Bertz CT molecular complexity index is 10200. The lowest BCUT2D eigenvalue weighted by Gasteiger charge is -2.15. The van der Waals surface area contributed by atoms with Crippen molar-refractivity contribution in [2.24, 2.45) is 0 Å². The highest BCUT2D eigenvalue weighted by atomic mass is 15.2. The third kappa shape index (κ3) is 13.4. The maximum atomic E-state index is 5.48. The average molecular weight is 1790 g/mol. The molecule has 0 saturated carbocycles. The van der Waals surface area contributed by atoms with Crippen LogP contribution in [0.2, 0.25) is 0 Å². The summed E-state index contributed by atoms with van der Waals surface area (Å²) in [6, 6.07) is 175. The molecule has 0 radical (unpaired) electrons. The van der Waals surface area contributed by atoms with Crippen LogP contribution < -0.4 is 0 Å². The molecule has 24 aromatic carbocycles. The Morgan fingerprint density at radius 3 is 0.759 bits per heavy atom. The third-order valence-corrected chi connectivity index (χ3v) is 28.7. The largest absolute Gasteiger partial charge is 0.278 e. The van der Waals surface area contributed by atoms with E-state index in [9.17, 15) is 0 Å². The van der Waals surface area contributed by atoms with E-state index in [2.05, 4.69) is 505 Å². The molecule has 30 rings (SSSR count). The second-order valence-electron chi connectivity index (χ2n) is 36.6. The summed E-state index contributed by atoms with van der Waals surface area (Å²) in [6.07, 6.45) is 0. The number of fused-ring (bicyclic) bond motifs is 27. The second kappa shape index (κ2) is 33.0. The van der Waals surface area contributed by atoms with Gasteiger partial charge in [0, 0.05) is 65.2 Å². The van der Waals surface area contributed by atoms with Crippen molar-refractivity contribution in [1.82, 2.24) is 43.6 Å². The molecule has 0 aliphatic carbocycles. The molecule has 0 bridgehead atoms. The van der Waals surface area contributed by atoms with Crippen LogP contribution in [0.4, 0.5) is 0 Å². The smallest absolute Gasteiger partial charge is 0.235 e. The number of para-hydroxylation sites is 3. The molecule has 6 heterocycles. The van der Waals surface area contributed by atoms with Gasteiger partial charge < -0.3 is 0 Å². The standard InChI is InChI=1S/3C44H27N3/c1-2-13-31-26-33(21-20-28(31)10-1)32-14-9-15-34(27-32)43-37-18-7-8-19-38(37)45-44(46-43)47-39-24-22-29-11-3-5-16-35(29)41(39)42-36-17-6-4-12-30(36)23-25-40(42)47;1-2-12-33-27-34(22-19-28(33)9-1)29-17-20-32(21-18-29)43-37-15-7-8-16-38(37)45-44(46-43)47-39-25-23-30-10-3-5-13-35(30)41(39)42-36-14-6-4-11-31(36)24-26-40(42)47;1-2-12-28(13-3-1)31-24-25-36(35-19-9-8-18-34(31)35)43-37-20-10-11-21-38(37)45-44(46-43)47-39-26-22-29-14-4-6-16-32(29)41(39)42-33-17-7-5-15-30(33)23-27-40(42)47/h3*1-27H. The van der Waals surface area contributed by atoms with Gasteiger partial charge in [-0.3, -0.25) is 13.7 Å². The Morgan fingerprint density at radius 2 is 0.376 bits per heavy atom. The quantitative estimate of drug-likeness (QED) is 0.143. The van der Waals surface area contributed by atoms with E-state index < -0.39 is 0 Å². The van der Waals surface area contributed by atoms with Crippen molar-refractivity contribution in [3.05, 3.63) is 491 Å². The molecule has 0 aliphatic rings. The van der Waals surface area contributed by atoms with Gasteiger partial charge >= 0.3 is 0 Å². The minimum Gasteiger partial charge on any atom is -0.278 e. The monoisotopic (exact) mass is 1790 g/mol. The van der Waals surface area contributed by atoms with E-state index in [4.69, 9.17) is 29.9 Å². The molecule has 141 heavy (non-hydrogen) atoms. The van der Waals surface area contributed by atoms with Crippen LogP contribution in [0.3, 0.4) is 0 Å². The zero-order chi connectivity index (χ0) is 92.7. The fourth-order valence-corrected chi connectivity index (χ4v) is 22.2. The SMILES string of the molecule is c1cc(-c2ccc3ccccc3c2)cc(-c2nc(-n3c4ccc5ccccc5c4c4c5ccccc5ccc43)nc3ccccc23)c1.c1ccc(-c2ccc(-c3nc(-n4c5ccc6ccccc6c5c5c6ccccc6ccc54)nc4ccccc34)c3ccccc23)cc1.c1ccc2cc(-c3ccc(-c4nc(-n5c6ccc7ccccc7c6c6c7ccccc7ccc65)nc5ccccc45)cc3)ccc2c1. The van der Waals surface area contributed by atoms with Crippen LogP contribution in [0.5, 0.6) is 0 Å². The normalized spacial score (nSPS) is 11.8. The molecule has 30 aromatic rings. The molecule has 9 nitrogen and oxygen atoms in total. The van der Waals surface area contributed by atoms with Crippen LogP contribution in [0.15, 0.2) is 491 Å². The van der Waals surface area contributed by atoms with E-state index in [-0.39, 0.29) is 0 Å². The molecule has 0 fully saturated rings. The molecule has 0 spiro atoms. The molecule has 0 saturated heterocycles. The zero-order valence-electron chi connectivity index (χ0n) is 76.3. The summed E-state index contributed by atoms with van der Waals surface area (Å²) in [5, 5.41) is 32.5. The number of hydrogen-bond donors (Lipinski definition) is 0. The van der Waals surface area contributed by atoms with Crippen molar-refractivity contribution in [2.75, 3.05) is 0 Å². The molecule has 6 aromatic heterocycles. The van der Waals surface area contributed by atoms with Crippen LogP contribution in [0.25, 0.3) is 280 Å². The van der Waals surface area contributed by atoms with Crippen LogP contribution >= 0.6 is 0 Å². The van der Waals surface area contributed by atoms with Crippen LogP contribution in [0.1, 0.15) is 0 Å². The summed E-state index contributed by atoms with van der Waals surface area (Å²) < 4.78 is 6.77. The van der Waals surface area contributed by atoms with E-state index in [1.807, 2.05) is 0 Å². The summed E-state index contributed by atoms with van der Waals surface area (Å²) in [7, 11) is 0. The molecule has 9 heteroatoms. The van der Waals surface area contributed by atoms with Gasteiger partial charge in [-0.15, -0.1) is 0 Å². The van der Waals surface area contributed by atoms with Crippen molar-refractivity contribution < 1.29 is 0 Å². The third-order valence-electron chi connectivity index (χ3n) is 28.7. The number of nitrogens with zero attached hydrogens (tertiary/aromatic N) is 9. The summed E-state index contributed by atoms with van der Waals surface area (Å²) in [6.45, 7) is 0. The van der Waals surface area contributed by atoms with E-state index in [1.165, 1.54) is 157 Å². The maximum Gasteiger partial charge on any atom is 0.235 e. The minimum absolute atomic E-state index is 0.667. The van der Waals surface area contributed by atoms with Crippen LogP contribution in [-0.2, 0) is 0 Å². The lowest BCUT2D eigenvalue weighted by molar-refractivity contribution is 1.01. The number of benzene rings is 24. The van der Waals surface area contributed by atoms with Gasteiger partial charge in [-0.2, -0.15) is 0 Å². The average Bonchev–Trinajstić information content (AvgIpc) is 1.57. The number of aromatic nitrogens is 9. The molecule has 0 aliphatic heterocycles. The first-order chi connectivity index (χ1) is 69.9. The Kier molecular flexibility index (Phi) is 18.8. The highest BCUT2D eigenvalue weighted by Crippen LogP contribution is 2.48. The van der Waals surface area contributed by atoms with Gasteiger partial charge in [0.1, 0.15) is 0 Å². The molecule has 654 valence electrons. The van der Waals surface area contributed by atoms with Gasteiger partial charge in [0.05, 0.1) is 66.7 Å². The molecule has 0 atom stereocenters. The maximum absolute atomic E-state index is 5.48. The Labute approximate surface area is 809 Å². The van der Waals surface area contributed by atoms with E-state index in [0.29, 0.717) is 17.8 Å². The fourth-order valence-electron chi connectivity index (χ4n) is 22.2. The summed E-state index contributed by atoms with van der Waals surface area (Å²) in [5.74, 6) is 2.00. The van der Waals surface area contributed by atoms with Crippen LogP contribution in [0, 0.1) is 0 Å². The number of hydrogen-bond acceptors (Lipinski definition) is 6. The first-order valence-corrected chi connectivity index (χ1v) is 48.0. The van der Waals surface area contributed by atoms with Crippen molar-refractivity contribution in [3.8, 4) is 85.0 Å². The first kappa shape index (κ1) is 80.5. The van der Waals surface area contributed by atoms with E-state index >= 15 is 0 Å². The topological polar surface area (TPSA) is 92.1 Å². The summed E-state index contributed by atoms with van der Waals surface area (Å²) >= 11 is 0. The predicted octanol–water partition coefficient (Wildman–Crippen LogP) is 34.6. The van der Waals surface area contributed by atoms with Crippen LogP contribution in [-0.4, -0.2) is 43.6 Å².